The van der Waals surface area contributed by atoms with E-state index in [0.29, 0.717) is 23.8 Å². The lowest BCUT2D eigenvalue weighted by Gasteiger charge is -2.16. The van der Waals surface area contributed by atoms with Crippen LogP contribution in [0.15, 0.2) is 16.8 Å². The average molecular weight is 411 g/mol. The summed E-state index contributed by atoms with van der Waals surface area (Å²) < 4.78 is 7.71. The summed E-state index contributed by atoms with van der Waals surface area (Å²) in [5.41, 5.74) is 3.15. The third kappa shape index (κ3) is 3.92. The Morgan fingerprint density at radius 3 is 3.03 bits per heavy atom. The van der Waals surface area contributed by atoms with Gasteiger partial charge in [0.05, 0.1) is 18.2 Å². The van der Waals surface area contributed by atoms with Crippen molar-refractivity contribution in [2.45, 2.75) is 45.9 Å². The molecule has 4 heterocycles. The van der Waals surface area contributed by atoms with Gasteiger partial charge in [-0.25, -0.2) is 0 Å². The van der Waals surface area contributed by atoms with Gasteiger partial charge in [0.2, 0.25) is 11.7 Å². The lowest BCUT2D eigenvalue weighted by molar-refractivity contribution is -0.117. The highest BCUT2D eigenvalue weighted by atomic mass is 32.1. The SMILES string of the molecule is Cc1c(C#N)c(NC(=O)Cn2nnc(-c3ccsc3)n2)n(C[C@H]2CCCO2)c1C. The molecular weight excluding hydrogens is 390 g/mol. The Morgan fingerprint density at radius 2 is 2.34 bits per heavy atom. The van der Waals surface area contributed by atoms with E-state index in [1.165, 1.54) is 4.80 Å². The van der Waals surface area contributed by atoms with E-state index in [2.05, 4.69) is 26.8 Å². The van der Waals surface area contributed by atoms with Crippen LogP contribution in [0.1, 0.15) is 29.7 Å². The Balaban J connectivity index is 1.52. The number of nitrogens with zero attached hydrogens (tertiary/aromatic N) is 6. The van der Waals surface area contributed by atoms with Crippen LogP contribution < -0.4 is 5.32 Å². The fourth-order valence-corrected chi connectivity index (χ4v) is 4.10. The molecule has 0 unspecified atom stereocenters. The molecule has 1 saturated heterocycles. The molecule has 0 radical (unpaired) electrons. The minimum Gasteiger partial charge on any atom is -0.376 e. The molecule has 1 fully saturated rings. The maximum Gasteiger partial charge on any atom is 0.249 e. The number of thiophene rings is 1. The number of hydrogen-bond donors (Lipinski definition) is 1. The number of rotatable bonds is 6. The number of nitrogens with one attached hydrogen (secondary N) is 1. The van der Waals surface area contributed by atoms with Gasteiger partial charge in [-0.15, -0.1) is 10.2 Å². The second kappa shape index (κ2) is 8.14. The van der Waals surface area contributed by atoms with E-state index in [0.717, 1.165) is 36.3 Å². The predicted octanol–water partition coefficient (Wildman–Crippen LogP) is 2.51. The summed E-state index contributed by atoms with van der Waals surface area (Å²) in [7, 11) is 0. The van der Waals surface area contributed by atoms with Gasteiger partial charge in [0.1, 0.15) is 18.4 Å². The Bertz CT molecular complexity index is 1060. The van der Waals surface area contributed by atoms with Gasteiger partial charge in [0, 0.05) is 23.2 Å². The molecule has 1 aliphatic heterocycles. The van der Waals surface area contributed by atoms with Crippen molar-refractivity contribution in [1.29, 1.82) is 5.26 Å². The Morgan fingerprint density at radius 1 is 1.48 bits per heavy atom. The minimum absolute atomic E-state index is 0.0906. The van der Waals surface area contributed by atoms with Gasteiger partial charge in [-0.3, -0.25) is 4.79 Å². The average Bonchev–Trinajstić information content (AvgIpc) is 3.48. The first-order valence-electron chi connectivity index (χ1n) is 9.38. The van der Waals surface area contributed by atoms with Crippen LogP contribution >= 0.6 is 11.3 Å². The molecule has 150 valence electrons. The first-order chi connectivity index (χ1) is 14.1. The van der Waals surface area contributed by atoms with E-state index in [1.54, 1.807) is 11.3 Å². The zero-order valence-corrected chi connectivity index (χ0v) is 17.1. The van der Waals surface area contributed by atoms with Crippen molar-refractivity contribution in [3.05, 3.63) is 33.6 Å². The van der Waals surface area contributed by atoms with Crippen LogP contribution in [0.2, 0.25) is 0 Å². The van der Waals surface area contributed by atoms with Gasteiger partial charge in [-0.2, -0.15) is 21.4 Å². The number of ether oxygens (including phenoxy) is 1. The minimum atomic E-state index is -0.318. The third-order valence-corrected chi connectivity index (χ3v) is 5.81. The van der Waals surface area contributed by atoms with Crippen LogP contribution in [-0.4, -0.2) is 43.4 Å². The molecule has 0 aliphatic carbocycles. The quantitative estimate of drug-likeness (QED) is 0.667. The molecule has 0 bridgehead atoms. The third-order valence-electron chi connectivity index (χ3n) is 5.13. The molecule has 1 atom stereocenters. The van der Waals surface area contributed by atoms with E-state index in [1.807, 2.05) is 35.2 Å². The molecule has 9 nitrogen and oxygen atoms in total. The Labute approximate surface area is 171 Å². The maximum absolute atomic E-state index is 12.7. The summed E-state index contributed by atoms with van der Waals surface area (Å²) in [6.45, 7) is 5.11. The van der Waals surface area contributed by atoms with Gasteiger partial charge in [-0.05, 0) is 48.9 Å². The van der Waals surface area contributed by atoms with E-state index < -0.39 is 0 Å². The fourth-order valence-electron chi connectivity index (χ4n) is 3.47. The standard InChI is InChI=1S/C19H21N7O2S/c1-12-13(2)25(9-15-4-3-6-28-15)19(16(12)8-20)21-17(27)10-26-23-18(22-24-26)14-5-7-29-11-14/h5,7,11,15H,3-4,6,9-10H2,1-2H3,(H,21,27)/t15-/m1/s1. The molecule has 0 saturated carbocycles. The summed E-state index contributed by atoms with van der Waals surface area (Å²) in [6.07, 6.45) is 2.09. The lowest BCUT2D eigenvalue weighted by Crippen LogP contribution is -2.24. The van der Waals surface area contributed by atoms with Crippen LogP contribution in [0, 0.1) is 25.2 Å². The van der Waals surface area contributed by atoms with Crippen LogP contribution in [-0.2, 0) is 22.6 Å². The number of amides is 1. The number of aromatic nitrogens is 5. The summed E-state index contributed by atoms with van der Waals surface area (Å²) >= 11 is 1.54. The molecule has 29 heavy (non-hydrogen) atoms. The molecule has 3 aromatic rings. The van der Waals surface area contributed by atoms with Crippen LogP contribution in [0.3, 0.4) is 0 Å². The fraction of sp³-hybridized carbons (Fsp3) is 0.421. The highest BCUT2D eigenvalue weighted by molar-refractivity contribution is 7.08. The van der Waals surface area contributed by atoms with Gasteiger partial charge in [0.25, 0.3) is 0 Å². The van der Waals surface area contributed by atoms with Crippen molar-refractivity contribution >= 4 is 23.1 Å². The van der Waals surface area contributed by atoms with Gasteiger partial charge in [0.15, 0.2) is 0 Å². The molecule has 10 heteroatoms. The number of carbonyl (C=O) groups excluding carboxylic acids is 1. The van der Waals surface area contributed by atoms with E-state index >= 15 is 0 Å². The Hall–Kier alpha value is -3.03. The van der Waals surface area contributed by atoms with E-state index in [9.17, 15) is 10.1 Å². The number of carbonyl (C=O) groups is 1. The van der Waals surface area contributed by atoms with Crippen molar-refractivity contribution < 1.29 is 9.53 Å². The monoisotopic (exact) mass is 411 g/mol. The first-order valence-corrected chi connectivity index (χ1v) is 10.3. The van der Waals surface area contributed by atoms with Crippen LogP contribution in [0.25, 0.3) is 11.4 Å². The van der Waals surface area contributed by atoms with Crippen molar-refractivity contribution in [2.75, 3.05) is 11.9 Å². The molecule has 1 amide bonds. The number of anilines is 1. The second-order valence-corrected chi connectivity index (χ2v) is 7.78. The van der Waals surface area contributed by atoms with Crippen molar-refractivity contribution in [2.24, 2.45) is 0 Å². The van der Waals surface area contributed by atoms with Gasteiger partial charge >= 0.3 is 0 Å². The molecule has 0 aromatic carbocycles. The van der Waals surface area contributed by atoms with Gasteiger partial charge in [-0.1, -0.05) is 0 Å². The van der Waals surface area contributed by atoms with Crippen LogP contribution in [0.5, 0.6) is 0 Å². The van der Waals surface area contributed by atoms with Crippen molar-refractivity contribution in [3.8, 4) is 17.5 Å². The molecule has 3 aromatic heterocycles. The molecule has 4 rings (SSSR count). The molecule has 1 N–H and O–H groups in total. The highest BCUT2D eigenvalue weighted by Crippen LogP contribution is 2.28. The predicted molar refractivity (Wildman–Crippen MR) is 107 cm³/mol. The first kappa shape index (κ1) is 19.3. The topological polar surface area (TPSA) is 111 Å². The summed E-state index contributed by atoms with van der Waals surface area (Å²) in [5, 5.41) is 28.5. The summed E-state index contributed by atoms with van der Waals surface area (Å²) in [4.78, 5) is 13.9. The summed E-state index contributed by atoms with van der Waals surface area (Å²) in [6, 6.07) is 4.11. The lowest BCUT2D eigenvalue weighted by atomic mass is 10.2. The van der Waals surface area contributed by atoms with Gasteiger partial charge < -0.3 is 14.6 Å². The largest absolute Gasteiger partial charge is 0.376 e. The molecule has 1 aliphatic rings. The van der Waals surface area contributed by atoms with E-state index in [-0.39, 0.29) is 18.6 Å². The maximum atomic E-state index is 12.7. The zero-order valence-electron chi connectivity index (χ0n) is 16.3. The zero-order chi connectivity index (χ0) is 20.4. The number of tetrazole rings is 1. The number of nitriles is 1. The summed E-state index contributed by atoms with van der Waals surface area (Å²) in [5.74, 6) is 0.660. The highest BCUT2D eigenvalue weighted by Gasteiger charge is 2.24. The van der Waals surface area contributed by atoms with Crippen molar-refractivity contribution in [1.82, 2.24) is 24.8 Å². The van der Waals surface area contributed by atoms with E-state index in [4.69, 9.17) is 4.74 Å². The second-order valence-electron chi connectivity index (χ2n) is 7.00. The normalized spacial score (nSPS) is 16.1. The smallest absolute Gasteiger partial charge is 0.249 e. The Kier molecular flexibility index (Phi) is 5.42. The number of hydrogen-bond acceptors (Lipinski definition) is 7. The van der Waals surface area contributed by atoms with Crippen LogP contribution in [0.4, 0.5) is 5.82 Å². The van der Waals surface area contributed by atoms with Crippen molar-refractivity contribution in [3.63, 3.8) is 0 Å². The molecular formula is C19H21N7O2S. The molecule has 0 spiro atoms.